The Kier molecular flexibility index (Phi) is 6.10. The Morgan fingerprint density at radius 1 is 1.03 bits per heavy atom. The second kappa shape index (κ2) is 9.28. The lowest BCUT2D eigenvalue weighted by atomic mass is 10.1. The van der Waals surface area contributed by atoms with Crippen LogP contribution >= 0.6 is 0 Å². The average Bonchev–Trinajstić information content (AvgIpc) is 3.29. The molecule has 3 aromatic carbocycles. The van der Waals surface area contributed by atoms with Crippen molar-refractivity contribution in [1.29, 1.82) is 5.26 Å². The fraction of sp³-hybridized carbons (Fsp3) is 0.231. The maximum atomic E-state index is 12.5. The van der Waals surface area contributed by atoms with E-state index in [1.807, 2.05) is 42.5 Å². The van der Waals surface area contributed by atoms with Gasteiger partial charge in [0.1, 0.15) is 24.0 Å². The molecule has 0 bridgehead atoms. The van der Waals surface area contributed by atoms with Gasteiger partial charge < -0.3 is 10.1 Å². The summed E-state index contributed by atoms with van der Waals surface area (Å²) in [5.74, 6) is 0.334. The third kappa shape index (κ3) is 4.69. The summed E-state index contributed by atoms with van der Waals surface area (Å²) < 4.78 is 6.04. The highest BCUT2D eigenvalue weighted by atomic mass is 16.5. The summed E-state index contributed by atoms with van der Waals surface area (Å²) in [5, 5.41) is 14.8. The molecule has 4 rings (SSSR count). The van der Waals surface area contributed by atoms with Crippen LogP contribution in [-0.2, 0) is 11.4 Å². The van der Waals surface area contributed by atoms with Gasteiger partial charge in [0.15, 0.2) is 0 Å². The average molecular weight is 396 g/mol. The third-order valence-electron chi connectivity index (χ3n) is 5.48. The van der Waals surface area contributed by atoms with Crippen molar-refractivity contribution in [3.05, 3.63) is 83.4 Å². The van der Waals surface area contributed by atoms with Crippen LogP contribution in [0.3, 0.4) is 0 Å². The van der Waals surface area contributed by atoms with Gasteiger partial charge in [-0.15, -0.1) is 0 Å². The van der Waals surface area contributed by atoms with Crippen molar-refractivity contribution in [1.82, 2.24) is 5.32 Å². The van der Waals surface area contributed by atoms with Gasteiger partial charge in [-0.25, -0.2) is 0 Å². The van der Waals surface area contributed by atoms with Crippen LogP contribution in [0.4, 0.5) is 0 Å². The Bertz CT molecular complexity index is 1120. The Hall–Kier alpha value is -3.58. The number of nitrogens with zero attached hydrogens (tertiary/aromatic N) is 1. The molecular weight excluding hydrogens is 372 g/mol. The second-order valence-electron chi connectivity index (χ2n) is 7.63. The van der Waals surface area contributed by atoms with Crippen molar-refractivity contribution in [2.45, 2.75) is 38.3 Å². The molecule has 1 saturated carbocycles. The van der Waals surface area contributed by atoms with Crippen LogP contribution in [0.15, 0.2) is 72.3 Å². The molecule has 0 spiro atoms. The van der Waals surface area contributed by atoms with Gasteiger partial charge >= 0.3 is 0 Å². The first kappa shape index (κ1) is 19.7. The number of carbonyl (C=O) groups excluding carboxylic acids is 1. The Morgan fingerprint density at radius 3 is 2.57 bits per heavy atom. The predicted molar refractivity (Wildman–Crippen MR) is 119 cm³/mol. The molecule has 0 unspecified atom stereocenters. The zero-order valence-corrected chi connectivity index (χ0v) is 16.8. The van der Waals surface area contributed by atoms with Gasteiger partial charge in [0, 0.05) is 11.6 Å². The molecule has 1 fully saturated rings. The lowest BCUT2D eigenvalue weighted by Gasteiger charge is -2.12. The topological polar surface area (TPSA) is 62.1 Å². The minimum absolute atomic E-state index is 0.101. The summed E-state index contributed by atoms with van der Waals surface area (Å²) >= 11 is 0. The first-order chi connectivity index (χ1) is 14.7. The van der Waals surface area contributed by atoms with E-state index < -0.39 is 0 Å². The highest BCUT2D eigenvalue weighted by Crippen LogP contribution is 2.24. The molecule has 1 amide bonds. The van der Waals surface area contributed by atoms with E-state index in [4.69, 9.17) is 4.74 Å². The van der Waals surface area contributed by atoms with Crippen molar-refractivity contribution >= 4 is 22.8 Å². The van der Waals surface area contributed by atoms with Gasteiger partial charge in [-0.1, -0.05) is 67.4 Å². The smallest absolute Gasteiger partial charge is 0.262 e. The molecule has 4 heteroatoms. The summed E-state index contributed by atoms with van der Waals surface area (Å²) in [4.78, 5) is 12.5. The number of rotatable bonds is 6. The number of ether oxygens (including phenoxy) is 1. The number of hydrogen-bond acceptors (Lipinski definition) is 3. The molecule has 0 aromatic heterocycles. The molecule has 0 saturated heterocycles. The van der Waals surface area contributed by atoms with E-state index in [1.165, 1.54) is 10.8 Å². The van der Waals surface area contributed by atoms with E-state index in [0.29, 0.717) is 12.4 Å². The summed E-state index contributed by atoms with van der Waals surface area (Å²) in [5.41, 5.74) is 1.88. The van der Waals surface area contributed by atoms with Gasteiger partial charge in [-0.05, 0) is 47.4 Å². The van der Waals surface area contributed by atoms with Crippen LogP contribution in [0.25, 0.3) is 16.8 Å². The number of nitriles is 1. The summed E-state index contributed by atoms with van der Waals surface area (Å²) in [6, 6.07) is 24.1. The van der Waals surface area contributed by atoms with Gasteiger partial charge in [0.05, 0.1) is 0 Å². The van der Waals surface area contributed by atoms with Crippen LogP contribution in [0.2, 0.25) is 0 Å². The highest BCUT2D eigenvalue weighted by Gasteiger charge is 2.19. The monoisotopic (exact) mass is 396 g/mol. The lowest BCUT2D eigenvalue weighted by molar-refractivity contribution is -0.117. The Morgan fingerprint density at radius 2 is 1.77 bits per heavy atom. The van der Waals surface area contributed by atoms with E-state index in [1.54, 1.807) is 6.08 Å². The van der Waals surface area contributed by atoms with Gasteiger partial charge in [0.25, 0.3) is 5.91 Å². The molecule has 1 aliphatic carbocycles. The zero-order valence-electron chi connectivity index (χ0n) is 16.8. The molecule has 3 aromatic rings. The van der Waals surface area contributed by atoms with Gasteiger partial charge in [-0.3, -0.25) is 4.79 Å². The minimum Gasteiger partial charge on any atom is -0.488 e. The number of para-hydroxylation sites is 1. The van der Waals surface area contributed by atoms with E-state index in [0.717, 1.165) is 36.8 Å². The van der Waals surface area contributed by atoms with Crippen molar-refractivity contribution < 1.29 is 9.53 Å². The highest BCUT2D eigenvalue weighted by molar-refractivity contribution is 6.02. The number of benzene rings is 3. The number of carbonyl (C=O) groups is 1. The second-order valence-corrected chi connectivity index (χ2v) is 7.63. The van der Waals surface area contributed by atoms with E-state index >= 15 is 0 Å². The molecule has 0 atom stereocenters. The van der Waals surface area contributed by atoms with Crippen LogP contribution in [-0.4, -0.2) is 11.9 Å². The van der Waals surface area contributed by atoms with Gasteiger partial charge in [-0.2, -0.15) is 5.26 Å². The Balaban J connectivity index is 1.50. The van der Waals surface area contributed by atoms with Crippen LogP contribution in [0, 0.1) is 11.3 Å². The summed E-state index contributed by atoms with van der Waals surface area (Å²) in [6.07, 6.45) is 5.83. The molecule has 1 aliphatic rings. The molecule has 1 N–H and O–H groups in total. The molecule has 0 aliphatic heterocycles. The third-order valence-corrected chi connectivity index (χ3v) is 5.48. The first-order valence-corrected chi connectivity index (χ1v) is 10.3. The summed E-state index contributed by atoms with van der Waals surface area (Å²) in [6.45, 7) is 0.409. The number of amides is 1. The lowest BCUT2D eigenvalue weighted by Crippen LogP contribution is -2.33. The molecular formula is C26H24N2O2. The quantitative estimate of drug-likeness (QED) is 0.449. The van der Waals surface area contributed by atoms with Crippen LogP contribution < -0.4 is 10.1 Å². The van der Waals surface area contributed by atoms with E-state index in [-0.39, 0.29) is 17.5 Å². The van der Waals surface area contributed by atoms with Crippen molar-refractivity contribution in [3.63, 3.8) is 0 Å². The maximum absolute atomic E-state index is 12.5. The van der Waals surface area contributed by atoms with Crippen LogP contribution in [0.5, 0.6) is 5.75 Å². The van der Waals surface area contributed by atoms with E-state index in [2.05, 4.69) is 35.6 Å². The molecule has 150 valence electrons. The number of hydrogen-bond donors (Lipinski definition) is 1. The minimum atomic E-state index is -0.311. The van der Waals surface area contributed by atoms with Crippen LogP contribution in [0.1, 0.15) is 36.8 Å². The standard InChI is InChI=1S/C26H24N2O2/c27-17-23(26(29)28-24-10-4-5-11-24)16-22-9-3-6-12-25(22)30-18-19-13-14-20-7-1-2-8-21(20)15-19/h1-3,6-9,12-16,24H,4-5,10-11,18H2,(H,28,29)/b23-16-. The van der Waals surface area contributed by atoms with Crippen molar-refractivity contribution in [2.75, 3.05) is 0 Å². The molecule has 0 heterocycles. The first-order valence-electron chi connectivity index (χ1n) is 10.3. The van der Waals surface area contributed by atoms with Crippen molar-refractivity contribution in [3.8, 4) is 11.8 Å². The number of fused-ring (bicyclic) bond motifs is 1. The molecule has 4 nitrogen and oxygen atoms in total. The van der Waals surface area contributed by atoms with E-state index in [9.17, 15) is 10.1 Å². The van der Waals surface area contributed by atoms with Gasteiger partial charge in [0.2, 0.25) is 0 Å². The SMILES string of the molecule is N#C/C(=C/c1ccccc1OCc1ccc2ccccc2c1)C(=O)NC1CCCC1. The summed E-state index contributed by atoms with van der Waals surface area (Å²) in [7, 11) is 0. The molecule has 30 heavy (non-hydrogen) atoms. The zero-order chi connectivity index (χ0) is 20.8. The Labute approximate surface area is 176 Å². The largest absolute Gasteiger partial charge is 0.488 e. The fourth-order valence-electron chi connectivity index (χ4n) is 3.86. The fourth-order valence-corrected chi connectivity index (χ4v) is 3.86. The normalized spacial score (nSPS) is 14.4. The number of nitrogens with one attached hydrogen (secondary N) is 1. The van der Waals surface area contributed by atoms with Crippen molar-refractivity contribution in [2.24, 2.45) is 0 Å². The maximum Gasteiger partial charge on any atom is 0.262 e. The molecule has 0 radical (unpaired) electrons. The predicted octanol–water partition coefficient (Wildman–Crippen LogP) is 5.38.